The molecule has 0 spiro atoms. The molecule has 0 amide bonds. The van der Waals surface area contributed by atoms with E-state index < -0.39 is 10.0 Å². The van der Waals surface area contributed by atoms with E-state index >= 15 is 0 Å². The van der Waals surface area contributed by atoms with Gasteiger partial charge < -0.3 is 10.1 Å². The Hall–Kier alpha value is -1.11. The average molecular weight is 258 g/mol. The van der Waals surface area contributed by atoms with Gasteiger partial charge in [-0.15, -0.1) is 0 Å². The average Bonchev–Trinajstić information content (AvgIpc) is 2.28. The molecule has 0 heterocycles. The Morgan fingerprint density at radius 3 is 2.41 bits per heavy atom. The summed E-state index contributed by atoms with van der Waals surface area (Å²) in [5.41, 5.74) is 0. The first-order valence-electron chi connectivity index (χ1n) is 5.50. The Morgan fingerprint density at radius 2 is 1.88 bits per heavy atom. The van der Waals surface area contributed by atoms with Crippen molar-refractivity contribution in [1.82, 2.24) is 5.32 Å². The maximum absolute atomic E-state index is 11.0. The molecule has 0 atom stereocenters. The third kappa shape index (κ3) is 5.16. The fraction of sp³-hybridized carbons (Fsp3) is 0.455. The summed E-state index contributed by atoms with van der Waals surface area (Å²) in [6, 6.07) is 6.06. The summed E-state index contributed by atoms with van der Waals surface area (Å²) in [6.07, 6.45) is 1.09. The van der Waals surface area contributed by atoms with Crippen LogP contribution in [-0.2, 0) is 10.0 Å². The van der Waals surface area contributed by atoms with Gasteiger partial charge in [-0.3, -0.25) is 0 Å². The lowest BCUT2D eigenvalue weighted by molar-refractivity contribution is 0.314. The highest BCUT2D eigenvalue weighted by atomic mass is 32.2. The number of hydrogen-bond acceptors (Lipinski definition) is 4. The number of rotatable bonds is 7. The molecule has 3 N–H and O–H groups in total. The first kappa shape index (κ1) is 14.0. The largest absolute Gasteiger partial charge is 0.492 e. The molecule has 0 radical (unpaired) electrons. The standard InChI is InChI=1S/C11H18N2O3S/c1-2-7-13-8-9-16-10-3-5-11(6-4-10)17(12,14)15/h3-6,13H,2,7-9H2,1H3,(H2,12,14,15). The van der Waals surface area contributed by atoms with Crippen LogP contribution in [0.25, 0.3) is 0 Å². The zero-order valence-corrected chi connectivity index (χ0v) is 10.7. The third-order valence-corrected chi connectivity index (χ3v) is 3.06. The summed E-state index contributed by atoms with van der Waals surface area (Å²) in [4.78, 5) is 0.0916. The molecule has 0 saturated heterocycles. The molecule has 0 aliphatic heterocycles. The minimum Gasteiger partial charge on any atom is -0.492 e. The number of ether oxygens (including phenoxy) is 1. The van der Waals surface area contributed by atoms with Crippen LogP contribution < -0.4 is 15.2 Å². The summed E-state index contributed by atoms with van der Waals surface area (Å²) in [5.74, 6) is 0.635. The number of benzene rings is 1. The molecule has 0 aliphatic carbocycles. The van der Waals surface area contributed by atoms with E-state index in [2.05, 4.69) is 12.2 Å². The van der Waals surface area contributed by atoms with Crippen LogP contribution in [0.2, 0.25) is 0 Å². The SMILES string of the molecule is CCCNCCOc1ccc(S(N)(=O)=O)cc1. The van der Waals surface area contributed by atoms with Crippen molar-refractivity contribution < 1.29 is 13.2 Å². The zero-order valence-electron chi connectivity index (χ0n) is 9.85. The number of nitrogens with one attached hydrogen (secondary N) is 1. The molecule has 17 heavy (non-hydrogen) atoms. The van der Waals surface area contributed by atoms with E-state index in [0.717, 1.165) is 19.5 Å². The quantitative estimate of drug-likeness (QED) is 0.706. The molecule has 0 fully saturated rings. The van der Waals surface area contributed by atoms with E-state index in [1.807, 2.05) is 0 Å². The second-order valence-electron chi connectivity index (χ2n) is 3.61. The number of hydrogen-bond donors (Lipinski definition) is 2. The smallest absolute Gasteiger partial charge is 0.238 e. The molecule has 1 rings (SSSR count). The second kappa shape index (κ2) is 6.58. The maximum Gasteiger partial charge on any atom is 0.238 e. The lowest BCUT2D eigenvalue weighted by atomic mass is 10.3. The minimum atomic E-state index is -3.62. The van der Waals surface area contributed by atoms with Crippen LogP contribution in [-0.4, -0.2) is 28.1 Å². The fourth-order valence-electron chi connectivity index (χ4n) is 1.27. The fourth-order valence-corrected chi connectivity index (χ4v) is 1.78. The minimum absolute atomic E-state index is 0.0916. The van der Waals surface area contributed by atoms with Crippen molar-refractivity contribution in [2.75, 3.05) is 19.7 Å². The number of sulfonamides is 1. The Morgan fingerprint density at radius 1 is 1.24 bits per heavy atom. The van der Waals surface area contributed by atoms with Crippen LogP contribution in [0.1, 0.15) is 13.3 Å². The Kier molecular flexibility index (Phi) is 5.40. The highest BCUT2D eigenvalue weighted by molar-refractivity contribution is 7.89. The highest BCUT2D eigenvalue weighted by Gasteiger charge is 2.06. The Balaban J connectivity index is 2.41. The highest BCUT2D eigenvalue weighted by Crippen LogP contribution is 2.14. The zero-order chi connectivity index (χ0) is 12.7. The van der Waals surface area contributed by atoms with Gasteiger partial charge in [0.15, 0.2) is 0 Å². The Labute approximate surface area is 102 Å². The van der Waals surface area contributed by atoms with Gasteiger partial charge in [0.1, 0.15) is 12.4 Å². The molecule has 5 nitrogen and oxygen atoms in total. The van der Waals surface area contributed by atoms with Gasteiger partial charge in [0.2, 0.25) is 10.0 Å². The molecule has 1 aromatic rings. The van der Waals surface area contributed by atoms with Crippen molar-refractivity contribution in [1.29, 1.82) is 0 Å². The normalized spacial score (nSPS) is 11.4. The third-order valence-electron chi connectivity index (χ3n) is 2.13. The molecule has 6 heteroatoms. The van der Waals surface area contributed by atoms with Crippen molar-refractivity contribution in [2.45, 2.75) is 18.2 Å². The van der Waals surface area contributed by atoms with Crippen molar-refractivity contribution in [3.8, 4) is 5.75 Å². The van der Waals surface area contributed by atoms with Crippen molar-refractivity contribution in [3.05, 3.63) is 24.3 Å². The molecule has 1 aromatic carbocycles. The summed E-state index contributed by atoms with van der Waals surface area (Å²) < 4.78 is 27.4. The van der Waals surface area contributed by atoms with Crippen LogP contribution in [0.3, 0.4) is 0 Å². The molecule has 0 unspecified atom stereocenters. The predicted octanol–water partition coefficient (Wildman–Crippen LogP) is 0.712. The van der Waals surface area contributed by atoms with E-state index in [0.29, 0.717) is 12.4 Å². The lowest BCUT2D eigenvalue weighted by Gasteiger charge is -2.07. The van der Waals surface area contributed by atoms with Gasteiger partial charge in [-0.1, -0.05) is 6.92 Å². The maximum atomic E-state index is 11.0. The topological polar surface area (TPSA) is 81.4 Å². The van der Waals surface area contributed by atoms with Gasteiger partial charge >= 0.3 is 0 Å². The van der Waals surface area contributed by atoms with E-state index in [9.17, 15) is 8.42 Å². The van der Waals surface area contributed by atoms with Crippen molar-refractivity contribution in [3.63, 3.8) is 0 Å². The number of primary sulfonamides is 1. The van der Waals surface area contributed by atoms with Gasteiger partial charge in [0, 0.05) is 6.54 Å². The van der Waals surface area contributed by atoms with Gasteiger partial charge in [-0.05, 0) is 37.2 Å². The molecule has 0 aliphatic rings. The van der Waals surface area contributed by atoms with Crippen LogP contribution in [0, 0.1) is 0 Å². The first-order chi connectivity index (χ1) is 8.04. The van der Waals surface area contributed by atoms with Crippen LogP contribution >= 0.6 is 0 Å². The van der Waals surface area contributed by atoms with Crippen LogP contribution in [0.4, 0.5) is 0 Å². The molecular weight excluding hydrogens is 240 g/mol. The van der Waals surface area contributed by atoms with E-state index in [1.54, 1.807) is 12.1 Å². The summed E-state index contributed by atoms with van der Waals surface area (Å²) in [6.45, 7) is 4.38. The first-order valence-corrected chi connectivity index (χ1v) is 7.05. The molecule has 0 aromatic heterocycles. The predicted molar refractivity (Wildman–Crippen MR) is 66.5 cm³/mol. The van der Waals surface area contributed by atoms with Crippen molar-refractivity contribution >= 4 is 10.0 Å². The van der Waals surface area contributed by atoms with Gasteiger partial charge in [0.05, 0.1) is 4.90 Å². The lowest BCUT2D eigenvalue weighted by Crippen LogP contribution is -2.21. The van der Waals surface area contributed by atoms with E-state index in [1.165, 1.54) is 12.1 Å². The molecule has 0 saturated carbocycles. The molecule has 96 valence electrons. The van der Waals surface area contributed by atoms with Gasteiger partial charge in [-0.2, -0.15) is 0 Å². The van der Waals surface area contributed by atoms with Crippen LogP contribution in [0.15, 0.2) is 29.2 Å². The number of nitrogens with two attached hydrogens (primary N) is 1. The molecular formula is C11H18N2O3S. The second-order valence-corrected chi connectivity index (χ2v) is 5.18. The summed E-state index contributed by atoms with van der Waals surface area (Å²) in [7, 11) is -3.62. The molecule has 0 bridgehead atoms. The van der Waals surface area contributed by atoms with E-state index in [-0.39, 0.29) is 4.90 Å². The summed E-state index contributed by atoms with van der Waals surface area (Å²) >= 11 is 0. The Bertz CT molecular complexity index is 429. The van der Waals surface area contributed by atoms with Gasteiger partial charge in [0.25, 0.3) is 0 Å². The van der Waals surface area contributed by atoms with Crippen molar-refractivity contribution in [2.24, 2.45) is 5.14 Å². The van der Waals surface area contributed by atoms with Gasteiger partial charge in [-0.25, -0.2) is 13.6 Å². The van der Waals surface area contributed by atoms with E-state index in [4.69, 9.17) is 9.88 Å². The van der Waals surface area contributed by atoms with Crippen LogP contribution in [0.5, 0.6) is 5.75 Å². The monoisotopic (exact) mass is 258 g/mol. The summed E-state index contributed by atoms with van der Waals surface area (Å²) in [5, 5.41) is 8.18.